The Labute approximate surface area is 221 Å². The van der Waals surface area contributed by atoms with Crippen LogP contribution in [0.2, 0.25) is 0 Å². The normalized spacial score (nSPS) is 23.2. The molecule has 0 unspecified atom stereocenters. The van der Waals surface area contributed by atoms with Crippen LogP contribution in [0.5, 0.6) is 5.75 Å². The van der Waals surface area contributed by atoms with Crippen LogP contribution in [0.3, 0.4) is 0 Å². The third-order valence-electron chi connectivity index (χ3n) is 8.24. The van der Waals surface area contributed by atoms with Crippen molar-refractivity contribution >= 4 is 11.9 Å². The Morgan fingerprint density at radius 2 is 1.81 bits per heavy atom. The Kier molecular flexibility index (Phi) is 12.2. The molecule has 37 heavy (non-hydrogen) atoms. The molecule has 0 spiro atoms. The van der Waals surface area contributed by atoms with E-state index in [2.05, 4.69) is 13.0 Å². The summed E-state index contributed by atoms with van der Waals surface area (Å²) in [5.41, 5.74) is 2.23. The van der Waals surface area contributed by atoms with Crippen molar-refractivity contribution in [3.63, 3.8) is 0 Å². The first kappa shape index (κ1) is 29.4. The molecule has 3 N–H and O–H groups in total. The maximum Gasteiger partial charge on any atom is 0.341 e. The first-order chi connectivity index (χ1) is 17.9. The largest absolute Gasteiger partial charge is 0.482 e. The standard InChI is InChI=1S/C30H46O7/c1-2-3-4-5-6-7-8-11-23(32)13-14-24-25-17-21-10-9-12-27(36-20-29(33)34)26(21)18-22(25)19-28(24)37-30(35)15-16-31/h9-10,12,22-25,28,31-32H,2-8,11,13-20H2,1H3,(H,33,34)/t22-,23-,24+,25-,28+/m0/s1. The number of carboxylic acid groups (broad SMARTS) is 1. The Hall–Kier alpha value is -2.12. The Balaban J connectivity index is 1.60. The molecule has 1 fully saturated rings. The fraction of sp³-hybridized carbons (Fsp3) is 0.733. The molecule has 0 aliphatic heterocycles. The molecular formula is C30H46O7. The van der Waals surface area contributed by atoms with Crippen LogP contribution in [0.1, 0.15) is 95.1 Å². The number of aliphatic hydroxyl groups is 2. The minimum absolute atomic E-state index is 0.00711. The molecule has 7 nitrogen and oxygen atoms in total. The van der Waals surface area contributed by atoms with Crippen molar-refractivity contribution in [3.8, 4) is 5.75 Å². The lowest BCUT2D eigenvalue weighted by Gasteiger charge is -2.32. The van der Waals surface area contributed by atoms with E-state index in [0.717, 1.165) is 44.1 Å². The van der Waals surface area contributed by atoms with E-state index in [4.69, 9.17) is 14.6 Å². The van der Waals surface area contributed by atoms with E-state index < -0.39 is 5.97 Å². The Morgan fingerprint density at radius 3 is 2.54 bits per heavy atom. The van der Waals surface area contributed by atoms with Crippen molar-refractivity contribution in [2.45, 2.75) is 109 Å². The number of esters is 1. The molecule has 2 aliphatic carbocycles. The molecule has 0 heterocycles. The van der Waals surface area contributed by atoms with Crippen molar-refractivity contribution in [1.29, 1.82) is 0 Å². The molecule has 0 radical (unpaired) electrons. The van der Waals surface area contributed by atoms with Gasteiger partial charge in [-0.1, -0.05) is 64.0 Å². The molecule has 1 aromatic carbocycles. The highest BCUT2D eigenvalue weighted by atomic mass is 16.5. The maximum absolute atomic E-state index is 12.3. The molecule has 2 aliphatic rings. The zero-order chi connectivity index (χ0) is 26.6. The van der Waals surface area contributed by atoms with E-state index >= 15 is 0 Å². The summed E-state index contributed by atoms with van der Waals surface area (Å²) >= 11 is 0. The number of carboxylic acids is 1. The molecule has 7 heteroatoms. The number of hydrogen-bond acceptors (Lipinski definition) is 6. The number of aliphatic hydroxyl groups excluding tert-OH is 2. The summed E-state index contributed by atoms with van der Waals surface area (Å²) in [4.78, 5) is 23.3. The van der Waals surface area contributed by atoms with E-state index in [1.54, 1.807) is 0 Å². The van der Waals surface area contributed by atoms with Gasteiger partial charge in [-0.05, 0) is 73.5 Å². The lowest BCUT2D eigenvalue weighted by Crippen LogP contribution is -2.30. The van der Waals surface area contributed by atoms with Crippen LogP contribution in [0.4, 0.5) is 0 Å². The zero-order valence-electron chi connectivity index (χ0n) is 22.4. The fourth-order valence-corrected chi connectivity index (χ4v) is 6.37. The molecule has 208 valence electrons. The van der Waals surface area contributed by atoms with E-state index in [1.165, 1.54) is 44.1 Å². The third-order valence-corrected chi connectivity index (χ3v) is 8.24. The number of carbonyl (C=O) groups is 2. The SMILES string of the molecule is CCCCCCCCC[C@H](O)CC[C@@H]1[C@H]2Cc3cccc(OCC(=O)O)c3C[C@H]2C[C@H]1OC(=O)CCO. The summed E-state index contributed by atoms with van der Waals surface area (Å²) in [5, 5.41) is 28.9. The van der Waals surface area contributed by atoms with Crippen LogP contribution in [0.25, 0.3) is 0 Å². The average Bonchev–Trinajstić information content (AvgIpc) is 3.19. The highest BCUT2D eigenvalue weighted by molar-refractivity contribution is 5.69. The minimum atomic E-state index is -1.00. The summed E-state index contributed by atoms with van der Waals surface area (Å²) in [6, 6.07) is 5.81. The van der Waals surface area contributed by atoms with Crippen molar-refractivity contribution in [3.05, 3.63) is 29.3 Å². The second-order valence-electron chi connectivity index (χ2n) is 11.0. The van der Waals surface area contributed by atoms with Gasteiger partial charge in [0.25, 0.3) is 0 Å². The molecule has 0 amide bonds. The lowest BCUT2D eigenvalue weighted by molar-refractivity contribution is -0.152. The highest BCUT2D eigenvalue weighted by Crippen LogP contribution is 2.49. The van der Waals surface area contributed by atoms with Gasteiger partial charge in [-0.3, -0.25) is 4.79 Å². The van der Waals surface area contributed by atoms with Crippen LogP contribution >= 0.6 is 0 Å². The fourth-order valence-electron chi connectivity index (χ4n) is 6.37. The van der Waals surface area contributed by atoms with Crippen LogP contribution in [0, 0.1) is 17.8 Å². The molecule has 0 aromatic heterocycles. The smallest absolute Gasteiger partial charge is 0.341 e. The van der Waals surface area contributed by atoms with E-state index in [1.807, 2.05) is 12.1 Å². The van der Waals surface area contributed by atoms with Crippen LogP contribution in [0.15, 0.2) is 18.2 Å². The number of benzene rings is 1. The number of fused-ring (bicyclic) bond motifs is 2. The molecular weight excluding hydrogens is 472 g/mol. The summed E-state index contributed by atoms with van der Waals surface area (Å²) in [7, 11) is 0. The summed E-state index contributed by atoms with van der Waals surface area (Å²) in [5.74, 6) is 0.0499. The number of ether oxygens (including phenoxy) is 2. The number of unbranched alkanes of at least 4 members (excludes halogenated alkanes) is 6. The lowest BCUT2D eigenvalue weighted by atomic mass is 9.73. The van der Waals surface area contributed by atoms with Crippen LogP contribution in [-0.2, 0) is 27.2 Å². The topological polar surface area (TPSA) is 113 Å². The minimum Gasteiger partial charge on any atom is -0.482 e. The molecule has 1 aromatic rings. The van der Waals surface area contributed by atoms with Gasteiger partial charge in [0, 0.05) is 0 Å². The Bertz CT molecular complexity index is 854. The van der Waals surface area contributed by atoms with Gasteiger partial charge in [-0.15, -0.1) is 0 Å². The average molecular weight is 519 g/mol. The Morgan fingerprint density at radius 1 is 1.05 bits per heavy atom. The molecule has 3 rings (SSSR count). The first-order valence-electron chi connectivity index (χ1n) is 14.4. The molecule has 0 saturated heterocycles. The van der Waals surface area contributed by atoms with Crippen LogP contribution in [-0.4, -0.2) is 52.7 Å². The summed E-state index contributed by atoms with van der Waals surface area (Å²) < 4.78 is 11.4. The van der Waals surface area contributed by atoms with Crippen molar-refractivity contribution < 1.29 is 34.4 Å². The van der Waals surface area contributed by atoms with Gasteiger partial charge in [-0.2, -0.15) is 0 Å². The van der Waals surface area contributed by atoms with Gasteiger partial charge >= 0.3 is 11.9 Å². The van der Waals surface area contributed by atoms with Gasteiger partial charge < -0.3 is 24.8 Å². The first-order valence-corrected chi connectivity index (χ1v) is 14.4. The van der Waals surface area contributed by atoms with Crippen molar-refractivity contribution in [2.24, 2.45) is 17.8 Å². The van der Waals surface area contributed by atoms with Gasteiger partial charge in [0.1, 0.15) is 11.9 Å². The zero-order valence-corrected chi connectivity index (χ0v) is 22.4. The predicted octanol–water partition coefficient (Wildman–Crippen LogP) is 5.08. The number of rotatable bonds is 17. The highest BCUT2D eigenvalue weighted by Gasteiger charge is 2.47. The second kappa shape index (κ2) is 15.3. The van der Waals surface area contributed by atoms with Gasteiger partial charge in [0.15, 0.2) is 6.61 Å². The molecule has 1 saturated carbocycles. The van der Waals surface area contributed by atoms with E-state index in [-0.39, 0.29) is 43.7 Å². The van der Waals surface area contributed by atoms with Gasteiger partial charge in [0.05, 0.1) is 19.1 Å². The van der Waals surface area contributed by atoms with Crippen molar-refractivity contribution in [2.75, 3.05) is 13.2 Å². The number of hydrogen-bond donors (Lipinski definition) is 3. The number of aliphatic carboxylic acids is 1. The van der Waals surface area contributed by atoms with Crippen molar-refractivity contribution in [1.82, 2.24) is 0 Å². The predicted molar refractivity (Wildman–Crippen MR) is 142 cm³/mol. The van der Waals surface area contributed by atoms with Crippen LogP contribution < -0.4 is 4.74 Å². The third kappa shape index (κ3) is 8.99. The monoisotopic (exact) mass is 518 g/mol. The van der Waals surface area contributed by atoms with E-state index in [0.29, 0.717) is 24.0 Å². The van der Waals surface area contributed by atoms with Gasteiger partial charge in [-0.25, -0.2) is 4.79 Å². The molecule has 5 atom stereocenters. The number of carbonyl (C=O) groups excluding carboxylic acids is 1. The second-order valence-corrected chi connectivity index (χ2v) is 11.0. The van der Waals surface area contributed by atoms with Gasteiger partial charge in [0.2, 0.25) is 0 Å². The van der Waals surface area contributed by atoms with E-state index in [9.17, 15) is 19.8 Å². The molecule has 0 bridgehead atoms. The quantitative estimate of drug-likeness (QED) is 0.195. The summed E-state index contributed by atoms with van der Waals surface area (Å²) in [6.07, 6.45) is 12.7. The summed E-state index contributed by atoms with van der Waals surface area (Å²) in [6.45, 7) is 1.63. The maximum atomic E-state index is 12.3.